The molecule has 0 atom stereocenters. The van der Waals surface area contributed by atoms with Crippen LogP contribution in [-0.4, -0.2) is 19.9 Å². The van der Waals surface area contributed by atoms with Gasteiger partial charge < -0.3 is 8.83 Å². The van der Waals surface area contributed by atoms with Crippen LogP contribution in [0.25, 0.3) is 112 Å². The molecule has 0 aliphatic rings. The molecule has 11 rings (SSSR count). The Kier molecular flexibility index (Phi) is 7.38. The van der Waals surface area contributed by atoms with E-state index in [4.69, 9.17) is 28.8 Å². The zero-order valence-electron chi connectivity index (χ0n) is 29.9. The molecule has 0 unspecified atom stereocenters. The third kappa shape index (κ3) is 5.43. The normalized spacial score (nSPS) is 11.6. The van der Waals surface area contributed by atoms with Crippen molar-refractivity contribution in [2.24, 2.45) is 0 Å². The van der Waals surface area contributed by atoms with E-state index in [0.29, 0.717) is 28.9 Å². The average molecular weight is 719 g/mol. The topological polar surface area (TPSA) is 77.8 Å². The van der Waals surface area contributed by atoms with E-state index in [0.717, 1.165) is 82.7 Å². The quantitative estimate of drug-likeness (QED) is 0.170. The highest BCUT2D eigenvalue weighted by Gasteiger charge is 2.18. The maximum absolute atomic E-state index is 6.21. The van der Waals surface area contributed by atoms with E-state index >= 15 is 0 Å². The predicted octanol–water partition coefficient (Wildman–Crippen LogP) is 13.1. The number of rotatable bonds is 6. The smallest absolute Gasteiger partial charge is 0.227 e. The Hall–Kier alpha value is -7.70. The van der Waals surface area contributed by atoms with Crippen LogP contribution >= 0.6 is 0 Å². The van der Waals surface area contributed by atoms with Crippen LogP contribution in [0.4, 0.5) is 0 Å². The summed E-state index contributed by atoms with van der Waals surface area (Å²) >= 11 is 0. The summed E-state index contributed by atoms with van der Waals surface area (Å²) < 4.78 is 12.4. The Balaban J connectivity index is 0.916. The Bertz CT molecular complexity index is 3170. The molecule has 56 heavy (non-hydrogen) atoms. The third-order valence-electron chi connectivity index (χ3n) is 10.4. The number of fused-ring (bicyclic) bond motifs is 6. The van der Waals surface area contributed by atoms with E-state index in [-0.39, 0.29) is 0 Å². The molecule has 3 aromatic heterocycles. The number of aromatic nitrogens is 4. The number of hydrogen-bond donors (Lipinski definition) is 0. The van der Waals surface area contributed by atoms with Gasteiger partial charge in [-0.1, -0.05) is 146 Å². The van der Waals surface area contributed by atoms with Crippen LogP contribution in [0, 0.1) is 0 Å². The zero-order valence-corrected chi connectivity index (χ0v) is 29.9. The number of oxazole rings is 1. The van der Waals surface area contributed by atoms with Gasteiger partial charge >= 0.3 is 0 Å². The molecular formula is C50H30N4O2. The van der Waals surface area contributed by atoms with Crippen molar-refractivity contribution < 1.29 is 8.83 Å². The first-order valence-corrected chi connectivity index (χ1v) is 18.5. The molecule has 0 N–H and O–H groups in total. The molecule has 0 amide bonds. The van der Waals surface area contributed by atoms with Crippen molar-refractivity contribution in [2.75, 3.05) is 0 Å². The maximum atomic E-state index is 6.21. The summed E-state index contributed by atoms with van der Waals surface area (Å²) in [5.74, 6) is 2.49. The van der Waals surface area contributed by atoms with Crippen molar-refractivity contribution in [3.63, 3.8) is 0 Å². The molecular weight excluding hydrogens is 689 g/mol. The Morgan fingerprint density at radius 3 is 1.46 bits per heavy atom. The van der Waals surface area contributed by atoms with Gasteiger partial charge in [0, 0.05) is 33.0 Å². The average Bonchev–Trinajstić information content (AvgIpc) is 3.89. The van der Waals surface area contributed by atoms with E-state index in [2.05, 4.69) is 91.0 Å². The van der Waals surface area contributed by atoms with Gasteiger partial charge in [0.1, 0.15) is 5.58 Å². The van der Waals surface area contributed by atoms with Crippen LogP contribution in [0.5, 0.6) is 0 Å². The summed E-state index contributed by atoms with van der Waals surface area (Å²) in [7, 11) is 0. The second-order valence-corrected chi connectivity index (χ2v) is 13.8. The highest BCUT2D eigenvalue weighted by atomic mass is 16.4. The van der Waals surface area contributed by atoms with E-state index in [1.54, 1.807) is 0 Å². The van der Waals surface area contributed by atoms with Gasteiger partial charge in [-0.15, -0.1) is 0 Å². The fourth-order valence-corrected chi connectivity index (χ4v) is 7.62. The van der Waals surface area contributed by atoms with Crippen LogP contribution in [0.3, 0.4) is 0 Å². The van der Waals surface area contributed by atoms with Crippen molar-refractivity contribution in [3.8, 4) is 67.9 Å². The van der Waals surface area contributed by atoms with Crippen molar-refractivity contribution in [1.82, 2.24) is 19.9 Å². The van der Waals surface area contributed by atoms with Crippen molar-refractivity contribution in [3.05, 3.63) is 182 Å². The molecule has 6 heteroatoms. The van der Waals surface area contributed by atoms with Gasteiger partial charge in [-0.05, 0) is 69.4 Å². The van der Waals surface area contributed by atoms with Gasteiger partial charge in [-0.3, -0.25) is 0 Å². The fraction of sp³-hybridized carbons (Fsp3) is 0. The van der Waals surface area contributed by atoms with Crippen LogP contribution in [0.2, 0.25) is 0 Å². The second-order valence-electron chi connectivity index (χ2n) is 13.8. The number of benzene rings is 8. The van der Waals surface area contributed by atoms with Crippen LogP contribution in [-0.2, 0) is 0 Å². The summed E-state index contributed by atoms with van der Waals surface area (Å²) in [5.41, 5.74) is 11.3. The van der Waals surface area contributed by atoms with E-state index < -0.39 is 0 Å². The van der Waals surface area contributed by atoms with Crippen LogP contribution in [0.1, 0.15) is 0 Å². The molecule has 8 aromatic carbocycles. The van der Waals surface area contributed by atoms with Gasteiger partial charge in [-0.2, -0.15) is 0 Å². The van der Waals surface area contributed by atoms with Crippen molar-refractivity contribution in [2.45, 2.75) is 0 Å². The van der Waals surface area contributed by atoms with E-state index in [1.165, 1.54) is 0 Å². The first-order chi connectivity index (χ1) is 27.7. The number of nitrogens with zero attached hydrogens (tertiary/aromatic N) is 4. The minimum absolute atomic E-state index is 0.565. The standard InChI is InChI=1S/C50H30N4O2/c1-3-11-34(12-4-1)47-52-48(35-13-5-2-6-14-35)54-49(53-47)42-28-27-37(38-15-7-8-16-39(38)42)33-23-19-31(20-24-33)32-21-25-36(26-22-32)50-51-45-44(56-50)30-29-41-40-17-9-10-18-43(40)55-46(41)45/h1-30H. The highest BCUT2D eigenvalue weighted by molar-refractivity contribution is 6.13. The first kappa shape index (κ1) is 31.8. The molecule has 0 spiro atoms. The Morgan fingerprint density at radius 2 is 0.804 bits per heavy atom. The van der Waals surface area contributed by atoms with E-state index in [9.17, 15) is 0 Å². The van der Waals surface area contributed by atoms with Gasteiger partial charge in [0.25, 0.3) is 0 Å². The van der Waals surface area contributed by atoms with Crippen molar-refractivity contribution >= 4 is 43.8 Å². The lowest BCUT2D eigenvalue weighted by Crippen LogP contribution is -2.00. The molecule has 0 saturated carbocycles. The second kappa shape index (κ2) is 13.0. The van der Waals surface area contributed by atoms with Gasteiger partial charge in [-0.25, -0.2) is 19.9 Å². The summed E-state index contributed by atoms with van der Waals surface area (Å²) in [6.07, 6.45) is 0. The number of hydrogen-bond acceptors (Lipinski definition) is 6. The summed E-state index contributed by atoms with van der Waals surface area (Å²) in [6.45, 7) is 0. The van der Waals surface area contributed by atoms with Crippen LogP contribution < -0.4 is 0 Å². The number of para-hydroxylation sites is 1. The minimum atomic E-state index is 0.565. The first-order valence-electron chi connectivity index (χ1n) is 18.5. The Labute approximate surface area is 321 Å². The highest BCUT2D eigenvalue weighted by Crippen LogP contribution is 2.38. The Morgan fingerprint density at radius 1 is 0.286 bits per heavy atom. The lowest BCUT2D eigenvalue weighted by atomic mass is 9.93. The largest absolute Gasteiger partial charge is 0.454 e. The molecule has 0 aliphatic heterocycles. The lowest BCUT2D eigenvalue weighted by molar-refractivity contribution is 0.620. The molecule has 3 heterocycles. The minimum Gasteiger partial charge on any atom is -0.454 e. The SMILES string of the molecule is c1ccc(-c2nc(-c3ccccc3)nc(-c3ccc(-c4ccc(-c5ccc(-c6nc7c(ccc8c9ccccc9oc87)o6)cc5)cc4)c4ccccc34)n2)cc1. The molecule has 11 aromatic rings. The molecule has 6 nitrogen and oxygen atoms in total. The summed E-state index contributed by atoms with van der Waals surface area (Å²) in [6, 6.07) is 62.1. The molecule has 262 valence electrons. The predicted molar refractivity (Wildman–Crippen MR) is 225 cm³/mol. The molecule has 0 aliphatic carbocycles. The van der Waals surface area contributed by atoms with Crippen molar-refractivity contribution in [1.29, 1.82) is 0 Å². The molecule has 0 bridgehead atoms. The monoisotopic (exact) mass is 718 g/mol. The fourth-order valence-electron chi connectivity index (χ4n) is 7.62. The van der Waals surface area contributed by atoms with Gasteiger partial charge in [0.05, 0.1) is 0 Å². The van der Waals surface area contributed by atoms with Gasteiger partial charge in [0.2, 0.25) is 5.89 Å². The summed E-state index contributed by atoms with van der Waals surface area (Å²) in [4.78, 5) is 19.8. The lowest BCUT2D eigenvalue weighted by Gasteiger charge is -2.13. The van der Waals surface area contributed by atoms with E-state index in [1.807, 2.05) is 91.0 Å². The van der Waals surface area contributed by atoms with Crippen LogP contribution in [0.15, 0.2) is 191 Å². The number of furan rings is 1. The van der Waals surface area contributed by atoms with Gasteiger partial charge in [0.15, 0.2) is 34.2 Å². The maximum Gasteiger partial charge on any atom is 0.227 e. The molecule has 0 radical (unpaired) electrons. The third-order valence-corrected chi connectivity index (χ3v) is 10.4. The zero-order chi connectivity index (χ0) is 37.0. The molecule has 0 fully saturated rings. The molecule has 0 saturated heterocycles. The summed E-state index contributed by atoms with van der Waals surface area (Å²) in [5, 5.41) is 4.31.